The fourth-order valence-corrected chi connectivity index (χ4v) is 3.33. The van der Waals surface area contributed by atoms with Crippen molar-refractivity contribution in [3.63, 3.8) is 0 Å². The van der Waals surface area contributed by atoms with Crippen LogP contribution in [0.1, 0.15) is 12.5 Å². The van der Waals surface area contributed by atoms with Gasteiger partial charge in [0.05, 0.1) is 17.9 Å². The molecule has 0 unspecified atom stereocenters. The van der Waals surface area contributed by atoms with Gasteiger partial charge in [0, 0.05) is 22.3 Å². The van der Waals surface area contributed by atoms with Gasteiger partial charge in [0.25, 0.3) is 0 Å². The van der Waals surface area contributed by atoms with E-state index in [0.29, 0.717) is 40.6 Å². The lowest BCUT2D eigenvalue weighted by Gasteiger charge is -2.08. The molecule has 0 radical (unpaired) electrons. The van der Waals surface area contributed by atoms with Crippen molar-refractivity contribution >= 4 is 38.9 Å². The van der Waals surface area contributed by atoms with Crippen molar-refractivity contribution in [2.45, 2.75) is 6.92 Å². The first-order valence-corrected chi connectivity index (χ1v) is 9.73. The van der Waals surface area contributed by atoms with E-state index in [4.69, 9.17) is 9.15 Å². The fraction of sp³-hybridized carbons (Fsp3) is 0.0909. The number of oxazole rings is 1. The van der Waals surface area contributed by atoms with Gasteiger partial charge in [0.1, 0.15) is 11.3 Å². The topological polar surface area (TPSA) is 88.1 Å². The number of aromatic nitrogens is 1. The number of fused-ring (bicyclic) bond motifs is 1. The Hall–Kier alpha value is -3.32. The van der Waals surface area contributed by atoms with Crippen molar-refractivity contribution in [2.24, 2.45) is 4.99 Å². The van der Waals surface area contributed by atoms with Gasteiger partial charge in [-0.2, -0.15) is 0 Å². The lowest BCUT2D eigenvalue weighted by Crippen LogP contribution is -1.94. The molecule has 0 spiro atoms. The number of halogens is 1. The number of hydrogen-bond acceptors (Lipinski definition) is 6. The molecule has 0 aliphatic heterocycles. The van der Waals surface area contributed by atoms with Crippen LogP contribution in [0.2, 0.25) is 0 Å². The van der Waals surface area contributed by atoms with Crippen molar-refractivity contribution in [3.05, 3.63) is 64.6 Å². The molecule has 29 heavy (non-hydrogen) atoms. The first-order chi connectivity index (χ1) is 14.0. The summed E-state index contributed by atoms with van der Waals surface area (Å²) in [4.78, 5) is 8.74. The second-order valence-corrected chi connectivity index (χ2v) is 7.14. The van der Waals surface area contributed by atoms with Crippen LogP contribution >= 0.6 is 15.9 Å². The quantitative estimate of drug-likeness (QED) is 0.372. The third-order valence-corrected chi connectivity index (χ3v) is 4.69. The highest BCUT2D eigenvalue weighted by molar-refractivity contribution is 9.10. The molecule has 0 bridgehead atoms. The van der Waals surface area contributed by atoms with Crippen LogP contribution < -0.4 is 4.74 Å². The molecule has 7 heteroatoms. The van der Waals surface area contributed by atoms with Gasteiger partial charge in [-0.15, -0.1) is 0 Å². The normalized spacial score (nSPS) is 11.4. The summed E-state index contributed by atoms with van der Waals surface area (Å²) < 4.78 is 11.9. The minimum absolute atomic E-state index is 0.000300. The number of para-hydroxylation sites is 2. The second kappa shape index (κ2) is 7.97. The number of aromatic hydroxyl groups is 2. The second-order valence-electron chi connectivity index (χ2n) is 6.22. The minimum Gasteiger partial charge on any atom is -0.507 e. The molecule has 0 saturated heterocycles. The van der Waals surface area contributed by atoms with E-state index in [9.17, 15) is 10.2 Å². The zero-order chi connectivity index (χ0) is 20.4. The molecule has 0 fully saturated rings. The molecule has 4 rings (SSSR count). The van der Waals surface area contributed by atoms with E-state index in [-0.39, 0.29) is 11.5 Å². The average molecular weight is 453 g/mol. The number of ether oxygens (including phenoxy) is 1. The van der Waals surface area contributed by atoms with Crippen molar-refractivity contribution in [3.8, 4) is 28.7 Å². The summed E-state index contributed by atoms with van der Waals surface area (Å²) in [7, 11) is 0. The van der Waals surface area contributed by atoms with Crippen molar-refractivity contribution < 1.29 is 19.4 Å². The summed E-state index contributed by atoms with van der Waals surface area (Å²) in [5.74, 6) is 0.716. The summed E-state index contributed by atoms with van der Waals surface area (Å²) in [5.41, 5.74) is 2.85. The number of aliphatic imine (C=N–C) groups is 1. The Labute approximate surface area is 175 Å². The number of benzene rings is 3. The number of phenols is 2. The molecular weight excluding hydrogens is 436 g/mol. The van der Waals surface area contributed by atoms with Gasteiger partial charge in [0.15, 0.2) is 17.1 Å². The Kier molecular flexibility index (Phi) is 5.22. The molecule has 2 N–H and O–H groups in total. The maximum absolute atomic E-state index is 10.4. The molecular formula is C22H17BrN2O4. The highest BCUT2D eigenvalue weighted by atomic mass is 79.9. The van der Waals surface area contributed by atoms with Crippen molar-refractivity contribution in [1.82, 2.24) is 4.98 Å². The maximum atomic E-state index is 10.4. The van der Waals surface area contributed by atoms with Gasteiger partial charge in [-0.05, 0) is 43.3 Å². The zero-order valence-electron chi connectivity index (χ0n) is 15.5. The predicted octanol–water partition coefficient (Wildman–Crippen LogP) is 5.82. The molecule has 3 aromatic carbocycles. The molecule has 6 nitrogen and oxygen atoms in total. The Morgan fingerprint density at radius 3 is 2.72 bits per heavy atom. The molecule has 1 aromatic heterocycles. The third kappa shape index (κ3) is 3.95. The summed E-state index contributed by atoms with van der Waals surface area (Å²) in [6, 6.07) is 15.8. The SMILES string of the molecule is CCOc1cc(Br)cc(C=Nc2ccc(-c3nc4ccccc4o3)c(O)c2)c1O. The first kappa shape index (κ1) is 19.0. The molecule has 0 aliphatic rings. The molecule has 0 saturated carbocycles. The Morgan fingerprint density at radius 2 is 1.97 bits per heavy atom. The maximum Gasteiger partial charge on any atom is 0.231 e. The largest absolute Gasteiger partial charge is 0.507 e. The average Bonchev–Trinajstić information content (AvgIpc) is 3.13. The molecule has 0 aliphatic carbocycles. The number of hydrogen-bond donors (Lipinski definition) is 2. The third-order valence-electron chi connectivity index (χ3n) is 4.23. The minimum atomic E-state index is -0.000300. The standard InChI is InChI=1S/C22H17BrN2O4/c1-2-28-20-10-14(23)9-13(21(20)27)12-24-15-7-8-16(18(26)11-15)22-25-17-5-3-4-6-19(17)29-22/h3-12,26-27H,2H2,1H3. The molecule has 0 amide bonds. The number of nitrogens with zero attached hydrogens (tertiary/aromatic N) is 2. The number of phenolic OH excluding ortho intramolecular Hbond substituents is 2. The van der Waals surface area contributed by atoms with Gasteiger partial charge < -0.3 is 19.4 Å². The molecule has 4 aromatic rings. The van der Waals surface area contributed by atoms with Gasteiger partial charge in [-0.25, -0.2) is 4.98 Å². The zero-order valence-corrected chi connectivity index (χ0v) is 17.0. The molecule has 1 heterocycles. The Bertz CT molecular complexity index is 1180. The van der Waals surface area contributed by atoms with E-state index < -0.39 is 0 Å². The molecule has 146 valence electrons. The van der Waals surface area contributed by atoms with E-state index in [2.05, 4.69) is 25.9 Å². The van der Waals surface area contributed by atoms with Crippen LogP contribution in [-0.4, -0.2) is 28.0 Å². The highest BCUT2D eigenvalue weighted by Crippen LogP contribution is 2.35. The Morgan fingerprint density at radius 1 is 1.14 bits per heavy atom. The van der Waals surface area contributed by atoms with Crippen molar-refractivity contribution in [1.29, 1.82) is 0 Å². The van der Waals surface area contributed by atoms with E-state index in [0.717, 1.165) is 9.99 Å². The van der Waals surface area contributed by atoms with Crippen LogP contribution in [0, 0.1) is 0 Å². The molecule has 0 atom stereocenters. The number of rotatable bonds is 5. The summed E-state index contributed by atoms with van der Waals surface area (Å²) in [6.07, 6.45) is 1.51. The van der Waals surface area contributed by atoms with Crippen LogP contribution in [0.5, 0.6) is 17.2 Å². The summed E-state index contributed by atoms with van der Waals surface area (Å²) in [6.45, 7) is 2.28. The van der Waals surface area contributed by atoms with E-state index in [1.54, 1.807) is 24.3 Å². The van der Waals surface area contributed by atoms with Gasteiger partial charge in [-0.3, -0.25) is 4.99 Å². The van der Waals surface area contributed by atoms with E-state index in [1.165, 1.54) is 12.3 Å². The monoisotopic (exact) mass is 452 g/mol. The lowest BCUT2D eigenvalue weighted by molar-refractivity contribution is 0.317. The summed E-state index contributed by atoms with van der Waals surface area (Å²) >= 11 is 3.39. The Balaban J connectivity index is 1.63. The van der Waals surface area contributed by atoms with Gasteiger partial charge in [0.2, 0.25) is 5.89 Å². The lowest BCUT2D eigenvalue weighted by atomic mass is 10.1. The van der Waals surface area contributed by atoms with Crippen LogP contribution in [-0.2, 0) is 0 Å². The first-order valence-electron chi connectivity index (χ1n) is 8.93. The van der Waals surface area contributed by atoms with Crippen LogP contribution in [0.25, 0.3) is 22.6 Å². The summed E-state index contributed by atoms with van der Waals surface area (Å²) in [5, 5.41) is 20.8. The highest BCUT2D eigenvalue weighted by Gasteiger charge is 2.13. The van der Waals surface area contributed by atoms with E-state index >= 15 is 0 Å². The van der Waals surface area contributed by atoms with Crippen LogP contribution in [0.4, 0.5) is 5.69 Å². The van der Waals surface area contributed by atoms with Crippen LogP contribution in [0.15, 0.2) is 68.5 Å². The van der Waals surface area contributed by atoms with Gasteiger partial charge in [-0.1, -0.05) is 28.1 Å². The van der Waals surface area contributed by atoms with Crippen LogP contribution in [0.3, 0.4) is 0 Å². The fourth-order valence-electron chi connectivity index (χ4n) is 2.87. The van der Waals surface area contributed by atoms with Gasteiger partial charge >= 0.3 is 0 Å². The predicted molar refractivity (Wildman–Crippen MR) is 115 cm³/mol. The smallest absolute Gasteiger partial charge is 0.231 e. The van der Waals surface area contributed by atoms with E-state index in [1.807, 2.05) is 31.2 Å². The van der Waals surface area contributed by atoms with Crippen molar-refractivity contribution in [2.75, 3.05) is 6.61 Å².